The molecule has 12 nitrogen and oxygen atoms in total. The Morgan fingerprint density at radius 3 is 2.74 bits per heavy atom. The van der Waals surface area contributed by atoms with E-state index >= 15 is 0 Å². The number of nitrogens with zero attached hydrogens (tertiary/aromatic N) is 3. The number of nitrogens with one attached hydrogen (secondary N) is 1. The second-order valence-corrected chi connectivity index (χ2v) is 8.97. The molecule has 2 aliphatic heterocycles. The maximum atomic E-state index is 12.8. The highest BCUT2D eigenvalue weighted by molar-refractivity contribution is 8.00. The predicted octanol–water partition coefficient (Wildman–Crippen LogP) is -1.00. The third kappa shape index (κ3) is 4.45. The van der Waals surface area contributed by atoms with Crippen molar-refractivity contribution < 1.29 is 34.2 Å². The number of fused-ring (bicyclic) bond motifs is 1. The number of aromatic nitrogens is 1. The maximum Gasteiger partial charge on any atom is 0.344 e. The van der Waals surface area contributed by atoms with Crippen molar-refractivity contribution in [1.29, 1.82) is 0 Å². The lowest BCUT2D eigenvalue weighted by molar-refractivity contribution is -0.301. The Hall–Kier alpha value is -2.84. The average Bonchev–Trinajstić information content (AvgIpc) is 3.05. The smallest absolute Gasteiger partial charge is 0.344 e. The summed E-state index contributed by atoms with van der Waals surface area (Å²) in [6.07, 6.45) is 0.436. The van der Waals surface area contributed by atoms with Gasteiger partial charge in [-0.05, 0) is 12.0 Å². The minimum absolute atomic E-state index is 0.00804. The second kappa shape index (κ2) is 9.11. The molecule has 15 heteroatoms. The predicted molar refractivity (Wildman–Crippen MR) is 109 cm³/mol. The summed E-state index contributed by atoms with van der Waals surface area (Å²) in [5.74, 6) is -3.99. The van der Waals surface area contributed by atoms with Crippen LogP contribution in [0.25, 0.3) is 0 Å². The van der Waals surface area contributed by atoms with Gasteiger partial charge in [0, 0.05) is 5.75 Å². The summed E-state index contributed by atoms with van der Waals surface area (Å²) in [6, 6.07) is -1.05. The van der Waals surface area contributed by atoms with Gasteiger partial charge < -0.3 is 30.9 Å². The lowest BCUT2D eigenvalue weighted by Gasteiger charge is -2.50. The molecular weight excluding hydrogens is 474 g/mol. The lowest BCUT2D eigenvalue weighted by atomic mass is 10.0. The number of carbonyl (C=O) groups is 4. The zero-order valence-corrected chi connectivity index (χ0v) is 18.2. The van der Waals surface area contributed by atoms with Gasteiger partial charge in [-0.1, -0.05) is 35.0 Å². The summed E-state index contributed by atoms with van der Waals surface area (Å²) < 4.78 is 0.00804. The SMILES string of the molecule is CCC1=C(C(=O)[O-])N2C(=O)C(NC(=O)/C(=N/OCC(=O)O)c3nc(N)sc3Cl)C2SC1. The first-order valence-corrected chi connectivity index (χ1v) is 10.9. The van der Waals surface area contributed by atoms with Crippen LogP contribution >= 0.6 is 34.7 Å². The van der Waals surface area contributed by atoms with E-state index in [1.165, 1.54) is 11.8 Å². The van der Waals surface area contributed by atoms with Crippen LogP contribution in [0.4, 0.5) is 5.13 Å². The highest BCUT2D eigenvalue weighted by atomic mass is 35.5. The number of carbonyl (C=O) groups excluding carboxylic acids is 3. The Bertz CT molecular complexity index is 1020. The molecule has 0 aliphatic carbocycles. The number of nitrogen functional groups attached to an aromatic ring is 1. The lowest BCUT2D eigenvalue weighted by Crippen LogP contribution is -2.71. The summed E-state index contributed by atoms with van der Waals surface area (Å²) in [7, 11) is 0. The fourth-order valence-corrected chi connectivity index (χ4v) is 5.34. The van der Waals surface area contributed by atoms with Gasteiger partial charge in [0.2, 0.25) is 6.61 Å². The van der Waals surface area contributed by atoms with E-state index in [0.717, 1.165) is 16.2 Å². The van der Waals surface area contributed by atoms with Gasteiger partial charge in [-0.15, -0.1) is 11.8 Å². The number of β-lactam (4-membered cyclic amide) rings is 1. The molecule has 31 heavy (non-hydrogen) atoms. The largest absolute Gasteiger partial charge is 0.543 e. The van der Waals surface area contributed by atoms with Gasteiger partial charge in [-0.25, -0.2) is 9.78 Å². The fourth-order valence-electron chi connectivity index (χ4n) is 2.96. The number of thioether (sulfide) groups is 1. The first kappa shape index (κ1) is 22.8. The molecule has 0 bridgehead atoms. The number of thiazole rings is 1. The van der Waals surface area contributed by atoms with Crippen LogP contribution in [-0.4, -0.2) is 68.2 Å². The Morgan fingerprint density at radius 1 is 1.48 bits per heavy atom. The average molecular weight is 489 g/mol. The summed E-state index contributed by atoms with van der Waals surface area (Å²) in [5.41, 5.74) is 5.34. The molecule has 1 aromatic heterocycles. The summed E-state index contributed by atoms with van der Waals surface area (Å²) in [6.45, 7) is 0.939. The fraction of sp³-hybridized carbons (Fsp3) is 0.375. The van der Waals surface area contributed by atoms with E-state index in [4.69, 9.17) is 22.4 Å². The van der Waals surface area contributed by atoms with Crippen molar-refractivity contribution in [2.45, 2.75) is 24.8 Å². The molecule has 1 saturated heterocycles. The molecule has 2 aliphatic rings. The Kier molecular flexibility index (Phi) is 6.71. The molecule has 166 valence electrons. The van der Waals surface area contributed by atoms with E-state index in [-0.39, 0.29) is 20.9 Å². The molecule has 4 N–H and O–H groups in total. The van der Waals surface area contributed by atoms with Crippen LogP contribution in [0.5, 0.6) is 0 Å². The van der Waals surface area contributed by atoms with Gasteiger partial charge in [0.1, 0.15) is 21.4 Å². The molecule has 0 radical (unpaired) electrons. The number of hydrogen-bond donors (Lipinski definition) is 3. The number of carboxylic acids is 2. The van der Waals surface area contributed by atoms with E-state index in [1.54, 1.807) is 6.92 Å². The van der Waals surface area contributed by atoms with E-state index < -0.39 is 47.5 Å². The standard InChI is InChI=1S/C16H16ClN5O7S2/c1-2-5-4-30-14-9(13(26)22(14)10(5)15(27)28)19-12(25)8(21-29-3-6(23)24)7-11(17)31-16(18)20-7/h9,14H,2-4H2,1H3,(H2,18,20)(H,19,25)(H,23,24)(H,27,28)/p-1/b21-8+. The molecule has 0 spiro atoms. The topological polar surface area (TPSA) is 187 Å². The van der Waals surface area contributed by atoms with Crippen molar-refractivity contribution in [3.63, 3.8) is 0 Å². The van der Waals surface area contributed by atoms with Crippen LogP contribution in [0.3, 0.4) is 0 Å². The zero-order valence-electron chi connectivity index (χ0n) is 15.8. The van der Waals surface area contributed by atoms with Crippen LogP contribution in [0, 0.1) is 0 Å². The van der Waals surface area contributed by atoms with Crippen molar-refractivity contribution in [1.82, 2.24) is 15.2 Å². The number of aliphatic carboxylic acids is 2. The molecule has 3 rings (SSSR count). The van der Waals surface area contributed by atoms with Gasteiger partial charge in [0.05, 0.1) is 11.7 Å². The normalized spacial score (nSPS) is 20.8. The summed E-state index contributed by atoms with van der Waals surface area (Å²) in [4.78, 5) is 57.2. The van der Waals surface area contributed by atoms with E-state index in [1.807, 2.05) is 0 Å². The first-order chi connectivity index (χ1) is 14.6. The van der Waals surface area contributed by atoms with Crippen molar-refractivity contribution in [3.05, 3.63) is 21.3 Å². The number of nitrogens with two attached hydrogens (primary N) is 1. The molecular formula is C16H15ClN5O7S2-. The van der Waals surface area contributed by atoms with Crippen LogP contribution in [0.1, 0.15) is 19.0 Å². The van der Waals surface area contributed by atoms with E-state index in [0.29, 0.717) is 17.7 Å². The van der Waals surface area contributed by atoms with Gasteiger partial charge in [-0.3, -0.25) is 14.5 Å². The molecule has 1 fully saturated rings. The molecule has 1 aromatic rings. The van der Waals surface area contributed by atoms with Crippen LogP contribution in [0.15, 0.2) is 16.4 Å². The van der Waals surface area contributed by atoms with Crippen molar-refractivity contribution in [2.75, 3.05) is 18.1 Å². The minimum Gasteiger partial charge on any atom is -0.543 e. The third-order valence-electron chi connectivity index (χ3n) is 4.34. The molecule has 2 unspecified atom stereocenters. The molecule has 2 atom stereocenters. The summed E-state index contributed by atoms with van der Waals surface area (Å²) >= 11 is 8.17. The third-order valence-corrected chi connectivity index (χ3v) is 6.76. The van der Waals surface area contributed by atoms with E-state index in [9.17, 15) is 24.3 Å². The van der Waals surface area contributed by atoms with Crippen LogP contribution in [0.2, 0.25) is 4.34 Å². The van der Waals surface area contributed by atoms with Crippen LogP contribution in [-0.2, 0) is 24.0 Å². The van der Waals surface area contributed by atoms with Gasteiger partial charge in [0.15, 0.2) is 10.8 Å². The number of amides is 2. The number of anilines is 1. The van der Waals surface area contributed by atoms with Crippen LogP contribution < -0.4 is 16.2 Å². The summed E-state index contributed by atoms with van der Waals surface area (Å²) in [5, 5.41) is 25.5. The quantitative estimate of drug-likeness (QED) is 0.232. The minimum atomic E-state index is -1.46. The first-order valence-electron chi connectivity index (χ1n) is 8.68. The van der Waals surface area contributed by atoms with Crippen molar-refractivity contribution in [3.8, 4) is 0 Å². The monoisotopic (exact) mass is 488 g/mol. The Labute approximate surface area is 188 Å². The molecule has 2 amide bonds. The van der Waals surface area contributed by atoms with Crippen molar-refractivity contribution >= 4 is 69.3 Å². The molecule has 0 aromatic carbocycles. The van der Waals surface area contributed by atoms with Crippen molar-refractivity contribution in [2.24, 2.45) is 5.16 Å². The van der Waals surface area contributed by atoms with Gasteiger partial charge >= 0.3 is 5.97 Å². The van der Waals surface area contributed by atoms with Gasteiger partial charge in [-0.2, -0.15) is 0 Å². The number of oxime groups is 1. The number of hydrogen-bond acceptors (Lipinski definition) is 11. The number of carboxylic acid groups (broad SMARTS) is 2. The van der Waals surface area contributed by atoms with E-state index in [2.05, 4.69) is 20.3 Å². The Balaban J connectivity index is 1.82. The van der Waals surface area contributed by atoms with Gasteiger partial charge in [0.25, 0.3) is 11.8 Å². The second-order valence-electron chi connectivity index (χ2n) is 6.24. The number of halogens is 1. The number of rotatable bonds is 8. The maximum absolute atomic E-state index is 12.8. The Morgan fingerprint density at radius 2 is 2.19 bits per heavy atom. The zero-order chi connectivity index (χ0) is 22.9. The highest BCUT2D eigenvalue weighted by Crippen LogP contribution is 2.40. The molecule has 0 saturated carbocycles. The highest BCUT2D eigenvalue weighted by Gasteiger charge is 2.53. The molecule has 3 heterocycles.